The van der Waals surface area contributed by atoms with E-state index in [1.165, 1.54) is 0 Å². The number of anilines is 1. The van der Waals surface area contributed by atoms with Crippen LogP contribution in [0, 0.1) is 18.6 Å². The van der Waals surface area contributed by atoms with Gasteiger partial charge in [0.2, 0.25) is 0 Å². The number of pyridine rings is 1. The number of benzene rings is 2. The first-order valence-electron chi connectivity index (χ1n) is 7.62. The van der Waals surface area contributed by atoms with E-state index >= 15 is 0 Å². The number of phenolic OH excluding ortho intramolecular Hbond substituents is 1. The Bertz CT molecular complexity index is 942. The van der Waals surface area contributed by atoms with E-state index in [1.54, 1.807) is 36.5 Å². The highest BCUT2D eigenvalue weighted by atomic mass is 19.1. The molecule has 5 nitrogen and oxygen atoms in total. The molecule has 3 aromatic rings. The van der Waals surface area contributed by atoms with Crippen LogP contribution in [-0.2, 0) is 0 Å². The molecule has 1 amide bonds. The highest BCUT2D eigenvalue weighted by Crippen LogP contribution is 2.25. The molecule has 2 N–H and O–H groups in total. The summed E-state index contributed by atoms with van der Waals surface area (Å²) in [4.78, 5) is 16.2. The number of nitrogens with one attached hydrogen (secondary N) is 1. The highest BCUT2D eigenvalue weighted by molar-refractivity contribution is 6.06. The van der Waals surface area contributed by atoms with Crippen LogP contribution in [0.5, 0.6) is 17.2 Å². The van der Waals surface area contributed by atoms with Crippen LogP contribution >= 0.6 is 0 Å². The van der Waals surface area contributed by atoms with E-state index < -0.39 is 28.9 Å². The Morgan fingerprint density at radius 3 is 2.42 bits per heavy atom. The Kier molecular flexibility index (Phi) is 4.79. The van der Waals surface area contributed by atoms with Gasteiger partial charge in [0.1, 0.15) is 17.3 Å². The molecular weight excluding hydrogens is 342 g/mol. The first-order valence-corrected chi connectivity index (χ1v) is 7.62. The molecule has 132 valence electrons. The van der Waals surface area contributed by atoms with Crippen molar-refractivity contribution in [3.8, 4) is 17.2 Å². The second kappa shape index (κ2) is 7.18. The van der Waals surface area contributed by atoms with Crippen molar-refractivity contribution in [1.82, 2.24) is 4.98 Å². The summed E-state index contributed by atoms with van der Waals surface area (Å²) in [5.41, 5.74) is 0.745. The summed E-state index contributed by atoms with van der Waals surface area (Å²) in [6.45, 7) is 1.86. The third-order valence-electron chi connectivity index (χ3n) is 3.50. The molecule has 3 rings (SSSR count). The average molecular weight is 356 g/mol. The molecule has 0 bridgehead atoms. The molecule has 0 atom stereocenters. The maximum Gasteiger partial charge on any atom is 0.259 e. The molecule has 2 aromatic carbocycles. The summed E-state index contributed by atoms with van der Waals surface area (Å²) < 4.78 is 32.2. The molecule has 1 aromatic heterocycles. The Balaban J connectivity index is 1.71. The lowest BCUT2D eigenvalue weighted by Gasteiger charge is -2.09. The number of amides is 1. The number of phenols is 1. The van der Waals surface area contributed by atoms with E-state index in [0.29, 0.717) is 23.3 Å². The van der Waals surface area contributed by atoms with Crippen LogP contribution in [0.1, 0.15) is 16.1 Å². The van der Waals surface area contributed by atoms with Crippen molar-refractivity contribution in [3.05, 3.63) is 77.6 Å². The Hall–Kier alpha value is -3.48. The molecule has 0 aliphatic heterocycles. The second-order valence-corrected chi connectivity index (χ2v) is 5.50. The van der Waals surface area contributed by atoms with E-state index in [-0.39, 0.29) is 0 Å². The molecule has 0 unspecified atom stereocenters. The van der Waals surface area contributed by atoms with Gasteiger partial charge in [-0.25, -0.2) is 8.78 Å². The molecule has 0 saturated heterocycles. The number of aryl methyl sites for hydroxylation is 1. The summed E-state index contributed by atoms with van der Waals surface area (Å²) in [5, 5.41) is 12.0. The number of hydrogen-bond donors (Lipinski definition) is 2. The van der Waals surface area contributed by atoms with Gasteiger partial charge in [0.25, 0.3) is 5.91 Å². The van der Waals surface area contributed by atoms with Crippen LogP contribution in [0.4, 0.5) is 14.5 Å². The fourth-order valence-corrected chi connectivity index (χ4v) is 2.19. The van der Waals surface area contributed by atoms with Crippen molar-refractivity contribution >= 4 is 11.6 Å². The van der Waals surface area contributed by atoms with E-state index in [4.69, 9.17) is 4.74 Å². The second-order valence-electron chi connectivity index (χ2n) is 5.50. The molecule has 1 heterocycles. The zero-order valence-electron chi connectivity index (χ0n) is 13.7. The Morgan fingerprint density at radius 1 is 1.08 bits per heavy atom. The zero-order chi connectivity index (χ0) is 18.7. The van der Waals surface area contributed by atoms with E-state index in [2.05, 4.69) is 10.3 Å². The van der Waals surface area contributed by atoms with Crippen molar-refractivity contribution in [1.29, 1.82) is 0 Å². The van der Waals surface area contributed by atoms with Crippen molar-refractivity contribution < 1.29 is 23.4 Å². The predicted molar refractivity (Wildman–Crippen MR) is 91.5 cm³/mol. The van der Waals surface area contributed by atoms with Crippen molar-refractivity contribution in [2.75, 3.05) is 5.32 Å². The summed E-state index contributed by atoms with van der Waals surface area (Å²) >= 11 is 0. The molecule has 0 aliphatic carbocycles. The molecular formula is C19H14F2N2O3. The van der Waals surface area contributed by atoms with Gasteiger partial charge in [-0.05, 0) is 49.4 Å². The minimum atomic E-state index is -1.20. The third-order valence-corrected chi connectivity index (χ3v) is 3.50. The van der Waals surface area contributed by atoms with Crippen molar-refractivity contribution in [3.63, 3.8) is 0 Å². The molecule has 7 heteroatoms. The predicted octanol–water partition coefficient (Wildman–Crippen LogP) is 4.42. The number of carbonyl (C=O) groups is 1. The zero-order valence-corrected chi connectivity index (χ0v) is 13.7. The van der Waals surface area contributed by atoms with Crippen LogP contribution in [0.2, 0.25) is 0 Å². The summed E-state index contributed by atoms with van der Waals surface area (Å²) in [5.74, 6) is -2.82. The van der Waals surface area contributed by atoms with Gasteiger partial charge in [0.15, 0.2) is 11.6 Å². The smallest absolute Gasteiger partial charge is 0.259 e. The van der Waals surface area contributed by atoms with Crippen molar-refractivity contribution in [2.45, 2.75) is 6.92 Å². The van der Waals surface area contributed by atoms with Crippen LogP contribution in [0.3, 0.4) is 0 Å². The number of halogens is 2. The van der Waals surface area contributed by atoms with Crippen LogP contribution < -0.4 is 10.1 Å². The lowest BCUT2D eigenvalue weighted by molar-refractivity contribution is 0.102. The minimum absolute atomic E-state index is 0.369. The van der Waals surface area contributed by atoms with Gasteiger partial charge >= 0.3 is 0 Å². The van der Waals surface area contributed by atoms with Gasteiger partial charge in [-0.3, -0.25) is 9.78 Å². The van der Waals surface area contributed by atoms with Crippen LogP contribution in [-0.4, -0.2) is 16.0 Å². The fraction of sp³-hybridized carbons (Fsp3) is 0.0526. The molecule has 0 aliphatic rings. The van der Waals surface area contributed by atoms with Crippen LogP contribution in [0.25, 0.3) is 0 Å². The van der Waals surface area contributed by atoms with Gasteiger partial charge in [0.05, 0.1) is 11.8 Å². The number of ether oxygens (including phenoxy) is 1. The molecule has 0 saturated carbocycles. The highest BCUT2D eigenvalue weighted by Gasteiger charge is 2.17. The molecule has 0 spiro atoms. The lowest BCUT2D eigenvalue weighted by Crippen LogP contribution is -2.13. The first-order chi connectivity index (χ1) is 12.4. The minimum Gasteiger partial charge on any atom is -0.504 e. The number of aromatic nitrogens is 1. The van der Waals surface area contributed by atoms with Crippen molar-refractivity contribution in [2.24, 2.45) is 0 Å². The molecule has 26 heavy (non-hydrogen) atoms. The van der Waals surface area contributed by atoms with Crippen LogP contribution in [0.15, 0.2) is 54.7 Å². The molecule has 0 radical (unpaired) electrons. The van der Waals surface area contributed by atoms with E-state index in [9.17, 15) is 18.7 Å². The fourth-order valence-electron chi connectivity index (χ4n) is 2.19. The van der Waals surface area contributed by atoms with Gasteiger partial charge in [-0.15, -0.1) is 0 Å². The van der Waals surface area contributed by atoms with E-state index in [1.807, 2.05) is 13.0 Å². The summed E-state index contributed by atoms with van der Waals surface area (Å²) in [6.07, 6.45) is 1.59. The molecule has 0 fully saturated rings. The Morgan fingerprint density at radius 2 is 1.77 bits per heavy atom. The number of aromatic hydroxyl groups is 1. The summed E-state index contributed by atoms with van der Waals surface area (Å²) in [6, 6.07) is 11.2. The largest absolute Gasteiger partial charge is 0.504 e. The first kappa shape index (κ1) is 17.3. The maximum absolute atomic E-state index is 13.3. The number of rotatable bonds is 4. The maximum atomic E-state index is 13.3. The topological polar surface area (TPSA) is 71.5 Å². The van der Waals surface area contributed by atoms with Gasteiger partial charge in [-0.2, -0.15) is 0 Å². The lowest BCUT2D eigenvalue weighted by atomic mass is 10.1. The number of nitrogens with zero attached hydrogens (tertiary/aromatic N) is 1. The quantitative estimate of drug-likeness (QED) is 0.726. The van der Waals surface area contributed by atoms with Gasteiger partial charge in [-0.1, -0.05) is 0 Å². The number of hydrogen-bond acceptors (Lipinski definition) is 4. The van der Waals surface area contributed by atoms with Gasteiger partial charge in [0, 0.05) is 17.4 Å². The Labute approximate surface area is 147 Å². The third kappa shape index (κ3) is 3.94. The normalized spacial score (nSPS) is 10.4. The summed E-state index contributed by atoms with van der Waals surface area (Å²) in [7, 11) is 0. The monoisotopic (exact) mass is 356 g/mol. The van der Waals surface area contributed by atoms with Gasteiger partial charge < -0.3 is 15.2 Å². The standard InChI is InChI=1S/C19H14F2N2O3/c1-11-2-5-15(10-22-11)26-14-6-3-13(4-7-14)23-19(25)16-8-12(20)9-17(21)18(16)24/h2-10,24H,1H3,(H,23,25). The van der Waals surface area contributed by atoms with E-state index in [0.717, 1.165) is 11.8 Å². The number of carbonyl (C=O) groups excluding carboxylic acids is 1. The SMILES string of the molecule is Cc1ccc(Oc2ccc(NC(=O)c3cc(F)cc(F)c3O)cc2)cn1. The average Bonchev–Trinajstić information content (AvgIpc) is 2.61.